The van der Waals surface area contributed by atoms with Gasteiger partial charge in [0.2, 0.25) is 0 Å². The van der Waals surface area contributed by atoms with Gasteiger partial charge in [0.1, 0.15) is 0 Å². The number of nitrogens with zero attached hydrogens (tertiary/aromatic N) is 1. The van der Waals surface area contributed by atoms with Gasteiger partial charge in [-0.3, -0.25) is 9.42 Å². The predicted molar refractivity (Wildman–Crippen MR) is 61.2 cm³/mol. The lowest BCUT2D eigenvalue weighted by Crippen LogP contribution is -2.31. The summed E-state index contributed by atoms with van der Waals surface area (Å²) in [5.41, 5.74) is 0. The van der Waals surface area contributed by atoms with Crippen molar-refractivity contribution in [1.82, 2.24) is 4.90 Å². The van der Waals surface area contributed by atoms with Gasteiger partial charge in [-0.25, -0.2) is 4.57 Å². The molecule has 0 amide bonds. The highest BCUT2D eigenvalue weighted by molar-refractivity contribution is 7.46. The maximum Gasteiger partial charge on any atom is 0.469 e. The Bertz CT molecular complexity index is 200. The Kier molecular flexibility index (Phi) is 9.12. The number of hydrogen-bond donors (Lipinski definition) is 2. The van der Waals surface area contributed by atoms with Crippen molar-refractivity contribution in [3.63, 3.8) is 0 Å². The van der Waals surface area contributed by atoms with Crippen molar-refractivity contribution in [3.05, 3.63) is 0 Å². The van der Waals surface area contributed by atoms with E-state index < -0.39 is 7.82 Å². The zero-order valence-corrected chi connectivity index (χ0v) is 10.9. The molecule has 0 heterocycles. The van der Waals surface area contributed by atoms with Crippen LogP contribution in [-0.4, -0.2) is 54.6 Å². The average molecular weight is 255 g/mol. The van der Waals surface area contributed by atoms with Gasteiger partial charge in [-0.05, 0) is 13.0 Å². The van der Waals surface area contributed by atoms with Gasteiger partial charge in [-0.15, -0.1) is 0 Å². The topological polar surface area (TPSA) is 79.2 Å². The molecule has 0 aromatic heterocycles. The molecular formula is C9H22NO5P. The SMILES string of the molecule is CCCCN(CCOC)CCOP(=O)(O)O. The normalized spacial score (nSPS) is 12.3. The lowest BCUT2D eigenvalue weighted by atomic mass is 10.3. The molecule has 0 aromatic rings. The zero-order chi connectivity index (χ0) is 12.4. The summed E-state index contributed by atoms with van der Waals surface area (Å²) in [6.45, 7) is 4.90. The minimum Gasteiger partial charge on any atom is -0.383 e. The standard InChI is InChI=1S/C9H22NO5P/c1-3-4-5-10(6-8-14-2)7-9-15-16(11,12)13/h3-9H2,1-2H3,(H2,11,12,13). The third-order valence-corrected chi connectivity index (χ3v) is 2.63. The van der Waals surface area contributed by atoms with Crippen molar-refractivity contribution < 1.29 is 23.6 Å². The fourth-order valence-corrected chi connectivity index (χ4v) is 1.55. The third-order valence-electron chi connectivity index (χ3n) is 2.11. The highest BCUT2D eigenvalue weighted by atomic mass is 31.2. The van der Waals surface area contributed by atoms with Gasteiger partial charge >= 0.3 is 7.82 Å². The van der Waals surface area contributed by atoms with Crippen molar-refractivity contribution in [2.45, 2.75) is 19.8 Å². The van der Waals surface area contributed by atoms with Gasteiger partial charge in [-0.1, -0.05) is 13.3 Å². The molecule has 6 nitrogen and oxygen atoms in total. The highest BCUT2D eigenvalue weighted by Crippen LogP contribution is 2.35. The third kappa shape index (κ3) is 10.5. The number of ether oxygens (including phenoxy) is 1. The monoisotopic (exact) mass is 255 g/mol. The van der Waals surface area contributed by atoms with E-state index in [1.54, 1.807) is 7.11 Å². The lowest BCUT2D eigenvalue weighted by Gasteiger charge is -2.21. The highest BCUT2D eigenvalue weighted by Gasteiger charge is 2.14. The maximum absolute atomic E-state index is 10.5. The van der Waals surface area contributed by atoms with Crippen LogP contribution in [0.5, 0.6) is 0 Å². The number of phosphoric ester groups is 1. The molecule has 0 unspecified atom stereocenters. The first-order valence-corrected chi connectivity index (χ1v) is 6.94. The molecule has 0 aromatic carbocycles. The summed E-state index contributed by atoms with van der Waals surface area (Å²) in [6, 6.07) is 0. The molecule has 0 aliphatic carbocycles. The van der Waals surface area contributed by atoms with Crippen LogP contribution in [-0.2, 0) is 13.8 Å². The zero-order valence-electron chi connectivity index (χ0n) is 9.96. The average Bonchev–Trinajstić information content (AvgIpc) is 2.19. The van der Waals surface area contributed by atoms with Crippen LogP contribution in [0.4, 0.5) is 0 Å². The van der Waals surface area contributed by atoms with Crippen LogP contribution in [0.1, 0.15) is 19.8 Å². The minimum absolute atomic E-state index is 0.0394. The number of phosphoric acid groups is 1. The molecule has 0 atom stereocenters. The van der Waals surface area contributed by atoms with Crippen molar-refractivity contribution in [3.8, 4) is 0 Å². The molecular weight excluding hydrogens is 233 g/mol. The van der Waals surface area contributed by atoms with E-state index in [2.05, 4.69) is 16.3 Å². The lowest BCUT2D eigenvalue weighted by molar-refractivity contribution is 0.123. The summed E-state index contributed by atoms with van der Waals surface area (Å²) in [4.78, 5) is 19.1. The van der Waals surface area contributed by atoms with Gasteiger partial charge in [0.15, 0.2) is 0 Å². The van der Waals surface area contributed by atoms with E-state index in [0.29, 0.717) is 13.2 Å². The van der Waals surface area contributed by atoms with Crippen molar-refractivity contribution in [2.24, 2.45) is 0 Å². The van der Waals surface area contributed by atoms with Crippen LogP contribution in [0.25, 0.3) is 0 Å². The van der Waals surface area contributed by atoms with Crippen LogP contribution in [0, 0.1) is 0 Å². The molecule has 0 bridgehead atoms. The fraction of sp³-hybridized carbons (Fsp3) is 1.00. The molecule has 16 heavy (non-hydrogen) atoms. The van der Waals surface area contributed by atoms with Crippen LogP contribution < -0.4 is 0 Å². The molecule has 2 N–H and O–H groups in total. The number of rotatable bonds is 10. The van der Waals surface area contributed by atoms with Gasteiger partial charge in [0.05, 0.1) is 13.2 Å². The van der Waals surface area contributed by atoms with Crippen LogP contribution >= 0.6 is 7.82 Å². The molecule has 0 rings (SSSR count). The van der Waals surface area contributed by atoms with Gasteiger partial charge in [-0.2, -0.15) is 0 Å². The second-order valence-corrected chi connectivity index (χ2v) is 4.75. The molecule has 0 spiro atoms. The second kappa shape index (κ2) is 9.10. The first-order chi connectivity index (χ1) is 7.49. The Balaban J connectivity index is 3.76. The van der Waals surface area contributed by atoms with E-state index in [1.807, 2.05) is 0 Å². The van der Waals surface area contributed by atoms with E-state index in [9.17, 15) is 4.57 Å². The summed E-state index contributed by atoms with van der Waals surface area (Å²) in [7, 11) is -2.70. The van der Waals surface area contributed by atoms with E-state index in [-0.39, 0.29) is 6.61 Å². The molecule has 0 radical (unpaired) electrons. The molecule has 0 aliphatic heterocycles. The molecule has 0 saturated heterocycles. The summed E-state index contributed by atoms with van der Waals surface area (Å²) < 4.78 is 19.8. The fourth-order valence-electron chi connectivity index (χ4n) is 1.23. The van der Waals surface area contributed by atoms with Crippen LogP contribution in [0.15, 0.2) is 0 Å². The maximum atomic E-state index is 10.5. The smallest absolute Gasteiger partial charge is 0.383 e. The van der Waals surface area contributed by atoms with E-state index >= 15 is 0 Å². The Morgan fingerprint density at radius 1 is 1.19 bits per heavy atom. The van der Waals surface area contributed by atoms with Gasteiger partial charge in [0, 0.05) is 20.2 Å². The van der Waals surface area contributed by atoms with Crippen molar-refractivity contribution >= 4 is 7.82 Å². The molecule has 7 heteroatoms. The number of hydrogen-bond acceptors (Lipinski definition) is 4. The first kappa shape index (κ1) is 16.0. The van der Waals surface area contributed by atoms with Crippen LogP contribution in [0.3, 0.4) is 0 Å². The van der Waals surface area contributed by atoms with Crippen molar-refractivity contribution in [1.29, 1.82) is 0 Å². The van der Waals surface area contributed by atoms with Crippen molar-refractivity contribution in [2.75, 3.05) is 40.0 Å². The Morgan fingerprint density at radius 3 is 2.31 bits per heavy atom. The summed E-state index contributed by atoms with van der Waals surface area (Å²) in [5.74, 6) is 0. The molecule has 0 fully saturated rings. The van der Waals surface area contributed by atoms with E-state index in [1.165, 1.54) is 0 Å². The van der Waals surface area contributed by atoms with Gasteiger partial charge < -0.3 is 14.5 Å². The molecule has 0 saturated carbocycles. The molecule has 0 aliphatic rings. The largest absolute Gasteiger partial charge is 0.469 e. The second-order valence-electron chi connectivity index (χ2n) is 3.51. The summed E-state index contributed by atoms with van der Waals surface area (Å²) in [6.07, 6.45) is 2.14. The quantitative estimate of drug-likeness (QED) is 0.563. The Labute approximate surface area is 96.8 Å². The Hall–Kier alpha value is 0.0300. The predicted octanol–water partition coefficient (Wildman–Crippen LogP) is 0.844. The number of unbranched alkanes of at least 4 members (excludes halogenated alkanes) is 1. The first-order valence-electron chi connectivity index (χ1n) is 5.41. The van der Waals surface area contributed by atoms with Gasteiger partial charge in [0.25, 0.3) is 0 Å². The van der Waals surface area contributed by atoms with E-state index in [4.69, 9.17) is 14.5 Å². The molecule has 98 valence electrons. The number of methoxy groups -OCH3 is 1. The van der Waals surface area contributed by atoms with Crippen LogP contribution in [0.2, 0.25) is 0 Å². The van der Waals surface area contributed by atoms with E-state index in [0.717, 1.165) is 25.9 Å². The minimum atomic E-state index is -4.33. The summed E-state index contributed by atoms with van der Waals surface area (Å²) in [5, 5.41) is 0. The summed E-state index contributed by atoms with van der Waals surface area (Å²) >= 11 is 0. The Morgan fingerprint density at radius 2 is 1.81 bits per heavy atom.